The van der Waals surface area contributed by atoms with Gasteiger partial charge in [0.25, 0.3) is 0 Å². The Kier molecular flexibility index (Phi) is 15.2. The van der Waals surface area contributed by atoms with Crippen molar-refractivity contribution in [3.8, 4) is 0 Å². The average molecular weight is 961 g/mol. The van der Waals surface area contributed by atoms with E-state index in [4.69, 9.17) is 47.4 Å². The summed E-state index contributed by atoms with van der Waals surface area (Å²) in [6.45, 7) is 10.7. The molecule has 6 N–H and O–H groups in total. The van der Waals surface area contributed by atoms with Crippen molar-refractivity contribution in [2.45, 2.75) is 214 Å². The summed E-state index contributed by atoms with van der Waals surface area (Å²) < 4.78 is 61.7. The number of aliphatic hydroxyl groups excluding tert-OH is 3. The summed E-state index contributed by atoms with van der Waals surface area (Å²) in [6.07, 6.45) is -4.03. The third kappa shape index (κ3) is 8.76. The normalized spacial score (nSPS) is 48.8. The van der Waals surface area contributed by atoms with Crippen LogP contribution < -0.4 is 0 Å². The van der Waals surface area contributed by atoms with Crippen molar-refractivity contribution in [1.29, 1.82) is 0 Å². The van der Waals surface area contributed by atoms with Gasteiger partial charge in [0, 0.05) is 46.2 Å². The van der Waals surface area contributed by atoms with Crippen molar-refractivity contribution in [3.05, 3.63) is 53.6 Å². The fourth-order valence-corrected chi connectivity index (χ4v) is 13.5. The van der Waals surface area contributed by atoms with Crippen molar-refractivity contribution >= 4 is 12.0 Å². The van der Waals surface area contributed by atoms with Gasteiger partial charge in [0.1, 0.15) is 53.4 Å². The third-order valence-corrected chi connectivity index (χ3v) is 17.6. The Bertz CT molecular complexity index is 1970. The molecule has 3 aliphatic heterocycles. The fraction of sp³-hybridized carbons (Fsp3) is 0.784. The number of carbonyl (C=O) groups excluding carboxylic acids is 1. The van der Waals surface area contributed by atoms with Gasteiger partial charge in [-0.05, 0) is 89.7 Å². The van der Waals surface area contributed by atoms with Gasteiger partial charge in [0.05, 0.1) is 48.1 Å². The molecule has 68 heavy (non-hydrogen) atoms. The standard InChI is InChI=1S/C51H76O17/c1-27-41(54)45(61-9)42(55)46(64-27)68-44-29(3)63-40(25-35(44)60-8)67-43-28(2)62-39(24-34(43)59-7)65-33-18-19-47(5)32(23-33)17-20-50(57)36(47)26-37(66-38(53)16-15-31-13-11-10-12-14-31)48(6)49(56,30(4)52)21-22-51(48,50)58/h10-17,27-30,33-37,39-46,52,54-58H,18-26H2,1-9H3/b16-15+/t27-,28-,29-,30?,33+,34+,35+,36-,37-,39+,40+,41-,42-,43-,44-,45+,46+,47+,48-,49-,50+,51+/m1/s1. The molecule has 17 heteroatoms. The van der Waals surface area contributed by atoms with Gasteiger partial charge < -0.3 is 78.0 Å². The van der Waals surface area contributed by atoms with Crippen molar-refractivity contribution in [2.24, 2.45) is 16.7 Å². The molecule has 0 aromatic heterocycles. The second-order valence-corrected chi connectivity index (χ2v) is 21.1. The molecule has 0 bridgehead atoms. The van der Waals surface area contributed by atoms with Crippen LogP contribution in [0.2, 0.25) is 0 Å². The Morgan fingerprint density at radius 3 is 2.03 bits per heavy atom. The monoisotopic (exact) mass is 961 g/mol. The first-order chi connectivity index (χ1) is 32.2. The zero-order valence-electron chi connectivity index (χ0n) is 41.0. The Morgan fingerprint density at radius 1 is 0.779 bits per heavy atom. The topological polar surface area (TPSA) is 231 Å². The molecule has 7 aliphatic rings. The van der Waals surface area contributed by atoms with Crippen LogP contribution in [0, 0.1) is 16.7 Å². The van der Waals surface area contributed by atoms with Crippen LogP contribution >= 0.6 is 0 Å². The van der Waals surface area contributed by atoms with Gasteiger partial charge in [-0.3, -0.25) is 0 Å². The van der Waals surface area contributed by atoms with Gasteiger partial charge >= 0.3 is 5.97 Å². The predicted octanol–water partition coefficient (Wildman–Crippen LogP) is 3.46. The van der Waals surface area contributed by atoms with Gasteiger partial charge in [-0.1, -0.05) is 55.8 Å². The maximum atomic E-state index is 13.6. The largest absolute Gasteiger partial charge is 0.458 e. The summed E-state index contributed by atoms with van der Waals surface area (Å²) >= 11 is 0. The Labute approximate surface area is 399 Å². The first kappa shape index (κ1) is 51.9. The number of hydrogen-bond acceptors (Lipinski definition) is 17. The third-order valence-electron chi connectivity index (χ3n) is 17.6. The number of carbonyl (C=O) groups is 1. The zero-order chi connectivity index (χ0) is 49.1. The van der Waals surface area contributed by atoms with Crippen LogP contribution in [0.1, 0.15) is 105 Å². The van der Waals surface area contributed by atoms with Crippen LogP contribution in [-0.2, 0) is 52.2 Å². The quantitative estimate of drug-likeness (QED) is 0.0945. The molecule has 1 aromatic carbocycles. The molecular weight excluding hydrogens is 885 g/mol. The molecule has 6 fully saturated rings. The SMILES string of the molecule is CO[C@@H]1[C@@H](O)[C@H](O[C@H]2[C@@H](OC)C[C@H](O[C@H]3[C@@H](OC)C[C@H](O[C@H]4CC[C@@]5(C)C(=CC[C@]6(O)[C@@H]5C[C@@H](OC(=O)/C=C/c5ccccc5)[C@@]5(C)[C@@]6(O)CC[C@@]5(O)C(C)O)C4)O[C@@H]3C)O[C@@H]2C)O[C@H](C)[C@H]1O. The maximum absolute atomic E-state index is 13.6. The molecule has 3 heterocycles. The molecule has 17 nitrogen and oxygen atoms in total. The van der Waals surface area contributed by atoms with Gasteiger partial charge in [-0.15, -0.1) is 0 Å². The lowest BCUT2D eigenvalue weighted by atomic mass is 9.42. The van der Waals surface area contributed by atoms with E-state index >= 15 is 0 Å². The molecule has 0 spiro atoms. The Morgan fingerprint density at radius 2 is 1.41 bits per heavy atom. The summed E-state index contributed by atoms with van der Waals surface area (Å²) in [5.74, 6) is -1.20. The van der Waals surface area contributed by atoms with E-state index in [1.165, 1.54) is 20.1 Å². The molecule has 8 rings (SSSR count). The maximum Gasteiger partial charge on any atom is 0.331 e. The molecule has 382 valence electrons. The van der Waals surface area contributed by atoms with Crippen molar-refractivity contribution in [1.82, 2.24) is 0 Å². The summed E-state index contributed by atoms with van der Waals surface area (Å²) in [5.41, 5.74) is -5.80. The molecule has 1 unspecified atom stereocenters. The lowest BCUT2D eigenvalue weighted by molar-refractivity contribution is -0.352. The second kappa shape index (κ2) is 19.9. The number of aliphatic hydroxyl groups is 6. The van der Waals surface area contributed by atoms with E-state index in [1.807, 2.05) is 50.3 Å². The lowest BCUT2D eigenvalue weighted by Crippen LogP contribution is -2.78. The van der Waals surface area contributed by atoms with Gasteiger partial charge in [-0.2, -0.15) is 0 Å². The van der Waals surface area contributed by atoms with E-state index in [-0.39, 0.29) is 31.8 Å². The van der Waals surface area contributed by atoms with Crippen molar-refractivity contribution < 1.29 is 82.8 Å². The van der Waals surface area contributed by atoms with Crippen molar-refractivity contribution in [3.63, 3.8) is 0 Å². The molecule has 3 saturated carbocycles. The molecule has 0 radical (unpaired) electrons. The van der Waals surface area contributed by atoms with Crippen LogP contribution in [0.25, 0.3) is 6.08 Å². The molecule has 22 atom stereocenters. The number of ether oxygens (including phenoxy) is 10. The zero-order valence-corrected chi connectivity index (χ0v) is 41.0. The highest BCUT2D eigenvalue weighted by Gasteiger charge is 2.81. The average Bonchev–Trinajstić information content (AvgIpc) is 3.54. The summed E-state index contributed by atoms with van der Waals surface area (Å²) in [5, 5.41) is 70.6. The summed E-state index contributed by atoms with van der Waals surface area (Å²) in [4.78, 5) is 13.6. The summed E-state index contributed by atoms with van der Waals surface area (Å²) in [6, 6.07) is 9.33. The number of fused-ring (bicyclic) bond motifs is 5. The summed E-state index contributed by atoms with van der Waals surface area (Å²) in [7, 11) is 4.62. The number of methoxy groups -OCH3 is 3. The van der Waals surface area contributed by atoms with Crippen LogP contribution in [0.15, 0.2) is 48.1 Å². The number of benzene rings is 1. The molecular formula is C51H76O17. The van der Waals surface area contributed by atoms with E-state index in [0.29, 0.717) is 32.1 Å². The van der Waals surface area contributed by atoms with Crippen LogP contribution in [-0.4, -0.2) is 173 Å². The highest BCUT2D eigenvalue weighted by atomic mass is 16.8. The Balaban J connectivity index is 0.922. The van der Waals surface area contributed by atoms with Gasteiger partial charge in [-0.25, -0.2) is 4.79 Å². The minimum absolute atomic E-state index is 0.00945. The van der Waals surface area contributed by atoms with E-state index in [0.717, 1.165) is 11.1 Å². The smallest absolute Gasteiger partial charge is 0.331 e. The van der Waals surface area contributed by atoms with E-state index < -0.39 is 132 Å². The molecule has 4 aliphatic carbocycles. The van der Waals surface area contributed by atoms with Gasteiger partial charge in [0.2, 0.25) is 0 Å². The van der Waals surface area contributed by atoms with Crippen LogP contribution in [0.3, 0.4) is 0 Å². The fourth-order valence-electron chi connectivity index (χ4n) is 13.5. The number of hydrogen-bond donors (Lipinski definition) is 6. The highest BCUT2D eigenvalue weighted by molar-refractivity contribution is 5.87. The first-order valence-corrected chi connectivity index (χ1v) is 24.5. The second-order valence-electron chi connectivity index (χ2n) is 21.1. The lowest BCUT2D eigenvalue weighted by Gasteiger charge is -2.67. The van der Waals surface area contributed by atoms with Crippen molar-refractivity contribution in [2.75, 3.05) is 21.3 Å². The molecule has 3 saturated heterocycles. The minimum atomic E-state index is -1.91. The van der Waals surface area contributed by atoms with Crippen LogP contribution in [0.5, 0.6) is 0 Å². The van der Waals surface area contributed by atoms with E-state index in [1.54, 1.807) is 34.1 Å². The Hall–Kier alpha value is -2.43. The molecule has 1 aromatic rings. The number of esters is 1. The van der Waals surface area contributed by atoms with E-state index in [2.05, 4.69) is 6.92 Å². The highest BCUT2D eigenvalue weighted by Crippen LogP contribution is 2.71. The predicted molar refractivity (Wildman–Crippen MR) is 243 cm³/mol. The van der Waals surface area contributed by atoms with Crippen LogP contribution in [0.4, 0.5) is 0 Å². The van der Waals surface area contributed by atoms with Gasteiger partial charge in [0.15, 0.2) is 18.9 Å². The first-order valence-electron chi connectivity index (χ1n) is 24.5. The molecule has 0 amide bonds. The van der Waals surface area contributed by atoms with E-state index in [9.17, 15) is 35.4 Å². The number of rotatable bonds is 13. The minimum Gasteiger partial charge on any atom is -0.458 e.